The van der Waals surface area contributed by atoms with E-state index in [-0.39, 0.29) is 6.42 Å². The van der Waals surface area contributed by atoms with Crippen LogP contribution in [0.3, 0.4) is 0 Å². The summed E-state index contributed by atoms with van der Waals surface area (Å²) in [5.41, 5.74) is 0. The maximum absolute atomic E-state index is 14.0. The minimum absolute atomic E-state index is 0.0775. The lowest BCUT2D eigenvalue weighted by Gasteiger charge is -2.52. The van der Waals surface area contributed by atoms with Gasteiger partial charge in [0.25, 0.3) is 5.79 Å². The highest BCUT2D eigenvalue weighted by molar-refractivity contribution is 5.77. The van der Waals surface area contributed by atoms with Crippen LogP contribution >= 0.6 is 0 Å². The fraction of sp³-hybridized carbons (Fsp3) is 0.911. The third kappa shape index (κ3) is 38.6. The maximum atomic E-state index is 14.0. The molecule has 4 amide bonds. The number of carbonyl (C=O) groups excluding carboxylic acids is 4. The van der Waals surface area contributed by atoms with E-state index in [0.29, 0.717) is 12.8 Å². The molecule has 0 saturated carbocycles. The van der Waals surface area contributed by atoms with Crippen LogP contribution in [-0.2, 0) is 99.8 Å². The van der Waals surface area contributed by atoms with Crippen LogP contribution in [0.25, 0.3) is 0 Å². The maximum Gasteiger partial charge on any atom is 0.364 e. The van der Waals surface area contributed by atoms with E-state index >= 15 is 0 Å². The molecule has 8 fully saturated rings. The molecule has 0 aromatic rings. The van der Waals surface area contributed by atoms with Gasteiger partial charge in [0.1, 0.15) is 183 Å². The largest absolute Gasteiger partial charge is 0.477 e. The molecule has 8 aliphatic rings. The molecule has 8 rings (SSSR count). The molecule has 43 atom stereocenters. The van der Waals surface area contributed by atoms with Gasteiger partial charge in [-0.2, -0.15) is 0 Å². The van der Waals surface area contributed by atoms with Crippen molar-refractivity contribution in [2.24, 2.45) is 0 Å². The Labute approximate surface area is 876 Å². The topological polar surface area (TPSA) is 767 Å². The van der Waals surface area contributed by atoms with Crippen LogP contribution in [0.2, 0.25) is 0 Å². The number of nitrogens with one attached hydrogen (secondary N) is 4. The van der Waals surface area contributed by atoms with E-state index in [4.69, 9.17) is 75.8 Å². The Kier molecular flexibility index (Phi) is 58.8. The van der Waals surface area contributed by atoms with E-state index < -0.39 is 352 Å². The summed E-state index contributed by atoms with van der Waals surface area (Å²) in [7, 11) is 0. The summed E-state index contributed by atoms with van der Waals surface area (Å²) in [6, 6.07) is -7.07. The van der Waals surface area contributed by atoms with Crippen LogP contribution in [0.4, 0.5) is 0 Å². The zero-order valence-electron chi connectivity index (χ0n) is 87.3. The van der Waals surface area contributed by atoms with Crippen molar-refractivity contribution in [2.75, 3.05) is 52.9 Å². The van der Waals surface area contributed by atoms with Crippen molar-refractivity contribution >= 4 is 29.6 Å². The summed E-state index contributed by atoms with van der Waals surface area (Å²) >= 11 is 0. The number of carboxylic acid groups (broad SMARTS) is 1. The molecular formula is C101H178N4O45. The number of aliphatic hydroxyl groups is 23. The summed E-state index contributed by atoms with van der Waals surface area (Å²) in [6.45, 7) is -0.237. The van der Waals surface area contributed by atoms with Gasteiger partial charge in [-0.1, -0.05) is 205 Å². The Morgan fingerprint density at radius 3 is 1.25 bits per heavy atom. The van der Waals surface area contributed by atoms with Crippen LogP contribution in [0.15, 0.2) is 24.3 Å². The highest BCUT2D eigenvalue weighted by atomic mass is 16.8. The standard InChI is InChI=1S/C101H178N4O45/c1-7-9-11-13-15-17-19-21-22-23-24-25-26-27-28-29-30-32-34-36-38-40-42-44-68(118)105-58(59(115)43-41-39-37-35-33-31-20-18-16-14-12-10-8-2)52-135-95-83(130)80(127)87(65(50-110)142-95)145-98-84(131)91(76(123)67(143-98)53-136-93-70(103-56(5)113)77(124)86(64(49-109)140-93)144-97-82(129)79(126)74(121)62(47-107)138-97)148-94-71(104-57(6)114)90(88(66(51-111)141-94)146-96-81(128)78(125)72(119)54(3)137-96)147-99-85(132)92(75(122)63(48-108)139-99)150-101(100(133)134)45-60(116)69(102-55(4)112)89(149-101)73(120)61(117)46-106/h21-22,41,43,54,58-67,69-99,106-111,115-117,119-132H,7-20,23-40,42,44-53H2,1-6H3,(H,102,112)(H,103,113)(H,104,114)(H,105,118)(H,133,134)/b22-21-,43-41+/t54?,58-,59+,60?,61+,62?,63?,64?,65?,66?,67?,69+,70?,71?,72+,73+,74-,75-,76-,77+,78?,79-,80+,81-,82?,83?,84?,85?,86+,87+,88+,89?,90+,91-,92-,93+,94-,95+,96+,97-,98-,99-,101-/m0/s1. The number of hydrogen-bond donors (Lipinski definition) is 28. The van der Waals surface area contributed by atoms with Crippen molar-refractivity contribution in [1.82, 2.24) is 21.3 Å². The van der Waals surface area contributed by atoms with Gasteiger partial charge in [0.15, 0.2) is 44.0 Å². The van der Waals surface area contributed by atoms with Gasteiger partial charge in [-0.25, -0.2) is 4.79 Å². The van der Waals surface area contributed by atoms with E-state index in [1.165, 1.54) is 135 Å². The number of aliphatic hydroxyl groups excluding tert-OH is 23. The first-order valence-corrected chi connectivity index (χ1v) is 54.1. The molecule has 0 aliphatic carbocycles. The molecule has 0 bridgehead atoms. The number of allylic oxidation sites excluding steroid dienone is 3. The SMILES string of the molecule is CCCCCCCC/C=C\CCCCCCCCCCCCCCCC(=O)N[C@@H](CO[C@@H]1OC(CO)[C@@H](O[C@@H]2OC(CO[C@@H]3OC(CO)[C@@H](O[C@@H]4OC(CO)[C@H](O)[C@H](O)C4O)[C@H](O)C3NC(C)=O)[C@H](O)[C@H](O[C@@H]3OC(CO)[C@@H](O[C@H]4OC(C)[C@@H](O)C(O)[C@@H]4O)[C@H](O[C@@H]4OC(CO)[C@H](O)[C@H](O[C@]5(C(=O)O)CC(O)[C@@H](NC(C)=O)C([C@H](O)[C@H](O)CO)O5)C4O)C3NC(C)=O)C2O)[C@H](O)C1O)[C@H](O)/C=C/CCCCCCCCCCCCC. The Bertz CT molecular complexity index is 3830. The number of carboxylic acids is 1. The molecule has 28 N–H and O–H groups in total. The second-order valence-electron chi connectivity index (χ2n) is 40.9. The third-order valence-corrected chi connectivity index (χ3v) is 28.9. The second-order valence-corrected chi connectivity index (χ2v) is 40.9. The summed E-state index contributed by atoms with van der Waals surface area (Å²) in [4.78, 5) is 67.2. The Morgan fingerprint density at radius 2 is 0.753 bits per heavy atom. The number of ether oxygens (including phenoxy) is 16. The van der Waals surface area contributed by atoms with Crippen LogP contribution in [0, 0.1) is 0 Å². The van der Waals surface area contributed by atoms with Gasteiger partial charge in [0, 0.05) is 33.6 Å². The van der Waals surface area contributed by atoms with Crippen molar-refractivity contribution in [3.05, 3.63) is 24.3 Å². The van der Waals surface area contributed by atoms with Crippen LogP contribution < -0.4 is 21.3 Å². The molecule has 8 aliphatic heterocycles. The Hall–Kier alpha value is -4.73. The third-order valence-electron chi connectivity index (χ3n) is 28.9. The lowest BCUT2D eigenvalue weighted by atomic mass is 9.88. The summed E-state index contributed by atoms with van der Waals surface area (Å²) in [5.74, 6) is -8.90. The first kappa shape index (κ1) is 130. The molecule has 150 heavy (non-hydrogen) atoms. The lowest BCUT2D eigenvalue weighted by molar-refractivity contribution is -0.400. The van der Waals surface area contributed by atoms with Gasteiger partial charge in [-0.3, -0.25) is 19.2 Å². The normalized spacial score (nSPS) is 37.4. The number of aliphatic carboxylic acids is 1. The number of carbonyl (C=O) groups is 5. The molecule has 0 aromatic carbocycles. The number of amides is 4. The highest BCUT2D eigenvalue weighted by Crippen LogP contribution is 2.43. The van der Waals surface area contributed by atoms with Crippen molar-refractivity contribution in [1.29, 1.82) is 0 Å². The van der Waals surface area contributed by atoms with Gasteiger partial charge in [0.2, 0.25) is 23.6 Å². The Morgan fingerprint density at radius 1 is 0.367 bits per heavy atom. The summed E-state index contributed by atoms with van der Waals surface area (Å²) in [5, 5.41) is 284. The quantitative estimate of drug-likeness (QED) is 0.0207. The summed E-state index contributed by atoms with van der Waals surface area (Å²) in [6.07, 6.45) is -37.4. The fourth-order valence-corrected chi connectivity index (χ4v) is 20.1. The average molecular weight is 2170 g/mol. The second kappa shape index (κ2) is 67.6. The van der Waals surface area contributed by atoms with Gasteiger partial charge in [-0.15, -0.1) is 0 Å². The first-order valence-electron chi connectivity index (χ1n) is 54.1. The molecule has 49 nitrogen and oxygen atoms in total. The molecule has 0 radical (unpaired) electrons. The minimum Gasteiger partial charge on any atom is -0.477 e. The van der Waals surface area contributed by atoms with Gasteiger partial charge in [-0.05, 0) is 51.9 Å². The molecule has 16 unspecified atom stereocenters. The molecular weight excluding hydrogens is 1990 g/mol. The van der Waals surface area contributed by atoms with E-state index in [9.17, 15) is 147 Å². The van der Waals surface area contributed by atoms with E-state index in [1.807, 2.05) is 0 Å². The molecule has 49 heteroatoms. The van der Waals surface area contributed by atoms with Crippen molar-refractivity contribution in [3.8, 4) is 0 Å². The van der Waals surface area contributed by atoms with Crippen molar-refractivity contribution in [2.45, 2.75) is 529 Å². The zero-order valence-corrected chi connectivity index (χ0v) is 87.3. The lowest BCUT2D eigenvalue weighted by Crippen LogP contribution is -2.72. The number of rotatable bonds is 68. The van der Waals surface area contributed by atoms with Crippen LogP contribution in [-0.4, -0.2) is 468 Å². The molecule has 0 aromatic heterocycles. The first-order chi connectivity index (χ1) is 71.8. The molecule has 8 heterocycles. The predicted octanol–water partition coefficient (Wildman–Crippen LogP) is -3.50. The fourth-order valence-electron chi connectivity index (χ4n) is 20.1. The molecule has 0 spiro atoms. The van der Waals surface area contributed by atoms with Crippen LogP contribution in [0.5, 0.6) is 0 Å². The molecule has 8 saturated heterocycles. The van der Waals surface area contributed by atoms with E-state index in [1.54, 1.807) is 6.08 Å². The van der Waals surface area contributed by atoms with E-state index in [0.717, 1.165) is 97.8 Å². The van der Waals surface area contributed by atoms with Crippen molar-refractivity contribution in [3.63, 3.8) is 0 Å². The smallest absolute Gasteiger partial charge is 0.364 e. The van der Waals surface area contributed by atoms with E-state index in [2.05, 4.69) is 47.3 Å². The average Bonchev–Trinajstić information content (AvgIpc) is 0.746. The summed E-state index contributed by atoms with van der Waals surface area (Å²) < 4.78 is 97.7. The van der Waals surface area contributed by atoms with Gasteiger partial charge < -0.3 is 220 Å². The minimum atomic E-state index is -3.39. The van der Waals surface area contributed by atoms with Gasteiger partial charge >= 0.3 is 5.97 Å². The number of unbranched alkanes of at least 4 members (excludes halogenated alkanes) is 30. The monoisotopic (exact) mass is 2170 g/mol. The van der Waals surface area contributed by atoms with Crippen LogP contribution in [0.1, 0.15) is 266 Å². The molecule has 872 valence electrons. The highest BCUT2D eigenvalue weighted by Gasteiger charge is 2.64. The van der Waals surface area contributed by atoms with Crippen molar-refractivity contribution < 1.29 is 222 Å². The van der Waals surface area contributed by atoms with Gasteiger partial charge in [0.05, 0.1) is 83.3 Å². The Balaban J connectivity index is 1.07. The predicted molar refractivity (Wildman–Crippen MR) is 523 cm³/mol. The number of hydrogen-bond acceptors (Lipinski definition) is 44. The zero-order chi connectivity index (χ0) is 110.